The van der Waals surface area contributed by atoms with Gasteiger partial charge < -0.3 is 10.1 Å². The van der Waals surface area contributed by atoms with Gasteiger partial charge in [0.1, 0.15) is 15.6 Å². The van der Waals surface area contributed by atoms with E-state index >= 15 is 0 Å². The number of ether oxygens (including phenoxy) is 1. The molecule has 1 aromatic carbocycles. The van der Waals surface area contributed by atoms with E-state index in [4.69, 9.17) is 11.6 Å². The number of hydrogen-bond acceptors (Lipinski definition) is 4. The lowest BCUT2D eigenvalue weighted by Gasteiger charge is -2.11. The van der Waals surface area contributed by atoms with Crippen molar-refractivity contribution < 1.29 is 21.9 Å². The first-order valence-corrected chi connectivity index (χ1v) is 7.83. The lowest BCUT2D eigenvalue weighted by atomic mass is 10.2. The molecule has 0 unspecified atom stereocenters. The highest BCUT2D eigenvalue weighted by molar-refractivity contribution is 7.90. The fraction of sp³-hybridized carbons (Fsp3) is 0.455. The molecular weight excluding hydrogens is 300 g/mol. The number of sulfone groups is 1. The standard InChI is InChI=1S/C11H14ClF2NO3S/c1-19(16,17)5-4-15-7-8-6-9(12)2-3-10(8)18-11(13)14/h2-3,6,11,15H,4-5,7H2,1H3. The third-order valence-electron chi connectivity index (χ3n) is 2.20. The summed E-state index contributed by atoms with van der Waals surface area (Å²) >= 11 is 5.77. The summed E-state index contributed by atoms with van der Waals surface area (Å²) in [4.78, 5) is 0. The summed E-state index contributed by atoms with van der Waals surface area (Å²) in [6, 6.07) is 4.29. The van der Waals surface area contributed by atoms with Crippen molar-refractivity contribution in [3.8, 4) is 5.75 Å². The van der Waals surface area contributed by atoms with Gasteiger partial charge in [-0.15, -0.1) is 0 Å². The normalized spacial score (nSPS) is 11.8. The fourth-order valence-corrected chi connectivity index (χ4v) is 2.09. The van der Waals surface area contributed by atoms with Crippen molar-refractivity contribution in [1.82, 2.24) is 5.32 Å². The molecule has 0 aliphatic heterocycles. The Labute approximate surface area is 115 Å². The van der Waals surface area contributed by atoms with Crippen LogP contribution in [-0.2, 0) is 16.4 Å². The molecule has 1 N–H and O–H groups in total. The van der Waals surface area contributed by atoms with Gasteiger partial charge in [0.25, 0.3) is 0 Å². The summed E-state index contributed by atoms with van der Waals surface area (Å²) < 4.78 is 50.6. The summed E-state index contributed by atoms with van der Waals surface area (Å²) in [5.74, 6) is -0.00948. The molecule has 19 heavy (non-hydrogen) atoms. The molecule has 4 nitrogen and oxygen atoms in total. The predicted molar refractivity (Wildman–Crippen MR) is 69.5 cm³/mol. The molecule has 0 bridgehead atoms. The lowest BCUT2D eigenvalue weighted by molar-refractivity contribution is -0.0504. The molecule has 108 valence electrons. The van der Waals surface area contributed by atoms with Gasteiger partial charge >= 0.3 is 6.61 Å². The summed E-state index contributed by atoms with van der Waals surface area (Å²) in [6.07, 6.45) is 1.12. The van der Waals surface area contributed by atoms with Crippen LogP contribution in [0, 0.1) is 0 Å². The Morgan fingerprint density at radius 2 is 2.11 bits per heavy atom. The van der Waals surface area contributed by atoms with Crippen LogP contribution in [0.1, 0.15) is 5.56 Å². The summed E-state index contributed by atoms with van der Waals surface area (Å²) in [5, 5.41) is 3.23. The number of rotatable bonds is 7. The van der Waals surface area contributed by atoms with Crippen molar-refractivity contribution in [3.05, 3.63) is 28.8 Å². The second kappa shape index (κ2) is 7.02. The van der Waals surface area contributed by atoms with Crippen molar-refractivity contribution in [2.45, 2.75) is 13.2 Å². The second-order valence-electron chi connectivity index (χ2n) is 3.94. The van der Waals surface area contributed by atoms with Crippen molar-refractivity contribution in [2.24, 2.45) is 0 Å². The van der Waals surface area contributed by atoms with Crippen LogP contribution in [0.5, 0.6) is 5.75 Å². The van der Waals surface area contributed by atoms with E-state index in [0.29, 0.717) is 10.6 Å². The average molecular weight is 314 g/mol. The maximum absolute atomic E-state index is 12.2. The van der Waals surface area contributed by atoms with E-state index in [0.717, 1.165) is 6.26 Å². The third kappa shape index (κ3) is 6.70. The van der Waals surface area contributed by atoms with Gasteiger partial charge in [-0.25, -0.2) is 8.42 Å². The van der Waals surface area contributed by atoms with Crippen LogP contribution in [-0.4, -0.2) is 33.6 Å². The Kier molecular flexibility index (Phi) is 5.96. The Hall–Kier alpha value is -0.920. The van der Waals surface area contributed by atoms with Crippen LogP contribution in [0.15, 0.2) is 18.2 Å². The average Bonchev–Trinajstić information content (AvgIpc) is 2.26. The first-order chi connectivity index (χ1) is 8.78. The molecule has 1 rings (SSSR count). The smallest absolute Gasteiger partial charge is 0.387 e. The van der Waals surface area contributed by atoms with Crippen molar-refractivity contribution in [1.29, 1.82) is 0 Å². The second-order valence-corrected chi connectivity index (χ2v) is 6.63. The van der Waals surface area contributed by atoms with Gasteiger partial charge in [-0.3, -0.25) is 0 Å². The summed E-state index contributed by atoms with van der Waals surface area (Å²) in [7, 11) is -3.06. The molecule has 0 radical (unpaired) electrons. The minimum atomic E-state index is -3.06. The summed E-state index contributed by atoms with van der Waals surface area (Å²) in [6.45, 7) is -2.51. The highest BCUT2D eigenvalue weighted by Crippen LogP contribution is 2.24. The molecular formula is C11H14ClF2NO3S. The van der Waals surface area contributed by atoms with E-state index < -0.39 is 16.4 Å². The number of nitrogens with one attached hydrogen (secondary N) is 1. The molecule has 0 saturated heterocycles. The minimum absolute atomic E-state index is 0.0197. The van der Waals surface area contributed by atoms with E-state index in [-0.39, 0.29) is 24.6 Å². The molecule has 0 fully saturated rings. The Balaban J connectivity index is 2.63. The maximum Gasteiger partial charge on any atom is 0.387 e. The van der Waals surface area contributed by atoms with Gasteiger partial charge in [0, 0.05) is 29.9 Å². The van der Waals surface area contributed by atoms with E-state index in [1.54, 1.807) is 0 Å². The molecule has 1 aromatic rings. The zero-order valence-electron chi connectivity index (χ0n) is 10.2. The predicted octanol–water partition coefficient (Wildman–Crippen LogP) is 2.08. The molecule has 8 heteroatoms. The van der Waals surface area contributed by atoms with Crippen LogP contribution in [0.4, 0.5) is 8.78 Å². The van der Waals surface area contributed by atoms with E-state index in [9.17, 15) is 17.2 Å². The first kappa shape index (κ1) is 16.1. The quantitative estimate of drug-likeness (QED) is 0.783. The van der Waals surface area contributed by atoms with E-state index in [2.05, 4.69) is 10.1 Å². The minimum Gasteiger partial charge on any atom is -0.434 e. The van der Waals surface area contributed by atoms with Gasteiger partial charge in [0.2, 0.25) is 0 Å². The summed E-state index contributed by atoms with van der Waals surface area (Å²) in [5.41, 5.74) is 0.446. The largest absolute Gasteiger partial charge is 0.434 e. The van der Waals surface area contributed by atoms with Gasteiger partial charge in [0.15, 0.2) is 0 Å². The molecule has 0 atom stereocenters. The zero-order chi connectivity index (χ0) is 14.5. The first-order valence-electron chi connectivity index (χ1n) is 5.39. The zero-order valence-corrected chi connectivity index (χ0v) is 11.8. The highest BCUT2D eigenvalue weighted by atomic mass is 35.5. The number of benzene rings is 1. The number of halogens is 3. The van der Waals surface area contributed by atoms with Gasteiger partial charge in [-0.1, -0.05) is 11.6 Å². The van der Waals surface area contributed by atoms with Gasteiger partial charge in [0.05, 0.1) is 5.75 Å². The topological polar surface area (TPSA) is 55.4 Å². The SMILES string of the molecule is CS(=O)(=O)CCNCc1cc(Cl)ccc1OC(F)F. The maximum atomic E-state index is 12.2. The lowest BCUT2D eigenvalue weighted by Crippen LogP contribution is -2.22. The van der Waals surface area contributed by atoms with Crippen molar-refractivity contribution >= 4 is 21.4 Å². The Bertz CT molecular complexity index is 523. The monoisotopic (exact) mass is 313 g/mol. The van der Waals surface area contributed by atoms with Crippen molar-refractivity contribution in [3.63, 3.8) is 0 Å². The van der Waals surface area contributed by atoms with Crippen molar-refractivity contribution in [2.75, 3.05) is 18.6 Å². The molecule has 0 spiro atoms. The van der Waals surface area contributed by atoms with Crippen LogP contribution in [0.3, 0.4) is 0 Å². The number of alkyl halides is 2. The Morgan fingerprint density at radius 1 is 1.42 bits per heavy atom. The van der Waals surface area contributed by atoms with Crippen LogP contribution < -0.4 is 10.1 Å². The van der Waals surface area contributed by atoms with E-state index in [1.165, 1.54) is 18.2 Å². The third-order valence-corrected chi connectivity index (χ3v) is 3.38. The number of hydrogen-bond donors (Lipinski definition) is 1. The van der Waals surface area contributed by atoms with Crippen LogP contribution in [0.25, 0.3) is 0 Å². The van der Waals surface area contributed by atoms with Crippen LogP contribution in [0.2, 0.25) is 5.02 Å². The van der Waals surface area contributed by atoms with Gasteiger partial charge in [-0.05, 0) is 18.2 Å². The molecule has 0 aliphatic carbocycles. The molecule has 0 aliphatic rings. The van der Waals surface area contributed by atoms with Crippen LogP contribution >= 0.6 is 11.6 Å². The highest BCUT2D eigenvalue weighted by Gasteiger charge is 2.10. The Morgan fingerprint density at radius 3 is 2.68 bits per heavy atom. The molecule has 0 heterocycles. The molecule has 0 amide bonds. The van der Waals surface area contributed by atoms with Gasteiger partial charge in [-0.2, -0.15) is 8.78 Å². The molecule has 0 aromatic heterocycles. The fourth-order valence-electron chi connectivity index (χ4n) is 1.38. The molecule has 0 saturated carbocycles. The van der Waals surface area contributed by atoms with E-state index in [1.807, 2.05) is 0 Å².